The smallest absolute Gasteiger partial charge is 0.152 e. The van der Waals surface area contributed by atoms with Crippen molar-refractivity contribution < 1.29 is 4.79 Å². The number of benzene rings is 1. The third-order valence-corrected chi connectivity index (χ3v) is 4.50. The highest BCUT2D eigenvalue weighted by molar-refractivity contribution is 6.03. The van der Waals surface area contributed by atoms with Crippen molar-refractivity contribution in [2.45, 2.75) is 39.8 Å². The number of carbonyl (C=O) groups is 1. The van der Waals surface area contributed by atoms with Crippen LogP contribution in [0.15, 0.2) is 42.6 Å². The highest BCUT2D eigenvalue weighted by atomic mass is 16.1. The molecule has 0 aliphatic carbocycles. The number of aldehydes is 1. The summed E-state index contributed by atoms with van der Waals surface area (Å²) in [6.07, 6.45) is 3.73. The second kappa shape index (κ2) is 6.87. The van der Waals surface area contributed by atoms with Gasteiger partial charge in [-0.25, -0.2) is 4.98 Å². The molecule has 0 bridgehead atoms. The lowest BCUT2D eigenvalue weighted by molar-refractivity contribution is 0.112. The average Bonchev–Trinajstić information content (AvgIpc) is 2.88. The molecule has 3 rings (SSSR count). The molecule has 0 fully saturated rings. The van der Waals surface area contributed by atoms with Crippen LogP contribution >= 0.6 is 0 Å². The van der Waals surface area contributed by atoms with E-state index in [0.717, 1.165) is 47.2 Å². The van der Waals surface area contributed by atoms with E-state index < -0.39 is 0 Å². The van der Waals surface area contributed by atoms with Gasteiger partial charge in [0.05, 0.1) is 11.6 Å². The molecule has 0 spiro atoms. The fourth-order valence-corrected chi connectivity index (χ4v) is 3.24. The number of nitrogens with one attached hydrogen (secondary N) is 1. The van der Waals surface area contributed by atoms with E-state index in [2.05, 4.69) is 40.8 Å². The minimum atomic E-state index is 0.134. The maximum Gasteiger partial charge on any atom is 0.152 e. The molecule has 0 saturated carbocycles. The van der Waals surface area contributed by atoms with Gasteiger partial charge in [0.25, 0.3) is 0 Å². The van der Waals surface area contributed by atoms with Gasteiger partial charge in [0.2, 0.25) is 0 Å². The van der Waals surface area contributed by atoms with Crippen molar-refractivity contribution >= 4 is 23.0 Å². The van der Waals surface area contributed by atoms with E-state index in [1.54, 1.807) is 6.20 Å². The van der Waals surface area contributed by atoms with Crippen molar-refractivity contribution in [2.24, 2.45) is 0 Å². The number of hydrogen-bond acceptors (Lipinski definition) is 3. The Morgan fingerprint density at radius 3 is 2.67 bits per heavy atom. The molecular weight excluding hydrogens is 298 g/mol. The van der Waals surface area contributed by atoms with Crippen LogP contribution in [-0.2, 0) is 6.54 Å². The van der Waals surface area contributed by atoms with Crippen molar-refractivity contribution in [2.75, 3.05) is 5.32 Å². The quantitative estimate of drug-likeness (QED) is 0.667. The molecule has 3 aromatic rings. The van der Waals surface area contributed by atoms with Crippen LogP contribution < -0.4 is 5.32 Å². The first-order chi connectivity index (χ1) is 11.7. The number of rotatable bonds is 6. The third kappa shape index (κ3) is 2.80. The topological polar surface area (TPSA) is 46.9 Å². The Morgan fingerprint density at radius 1 is 1.25 bits per heavy atom. The first kappa shape index (κ1) is 16.2. The number of nitrogens with zero attached hydrogens (tertiary/aromatic N) is 2. The molecule has 1 N–H and O–H groups in total. The Balaban J connectivity index is 2.09. The van der Waals surface area contributed by atoms with Gasteiger partial charge in [0.1, 0.15) is 0 Å². The van der Waals surface area contributed by atoms with Gasteiger partial charge in [-0.15, -0.1) is 0 Å². The second-order valence-electron chi connectivity index (χ2n) is 6.10. The SMILES string of the molecule is CCCn1c(C)c(C=O)c2ccnc(N[C@@H](C)c3ccccc3)c21. The molecule has 1 aromatic carbocycles. The van der Waals surface area contributed by atoms with Crippen molar-refractivity contribution in [1.29, 1.82) is 0 Å². The van der Waals surface area contributed by atoms with E-state index in [-0.39, 0.29) is 6.04 Å². The summed E-state index contributed by atoms with van der Waals surface area (Å²) < 4.78 is 2.20. The minimum Gasteiger partial charge on any atom is -0.362 e. The molecule has 0 radical (unpaired) electrons. The molecule has 0 aliphatic rings. The molecular formula is C20H23N3O. The summed E-state index contributed by atoms with van der Waals surface area (Å²) >= 11 is 0. The lowest BCUT2D eigenvalue weighted by Gasteiger charge is -2.17. The summed E-state index contributed by atoms with van der Waals surface area (Å²) in [5.41, 5.74) is 3.99. The van der Waals surface area contributed by atoms with E-state index in [1.165, 1.54) is 5.56 Å². The van der Waals surface area contributed by atoms with Gasteiger partial charge >= 0.3 is 0 Å². The van der Waals surface area contributed by atoms with Gasteiger partial charge in [-0.2, -0.15) is 0 Å². The van der Waals surface area contributed by atoms with E-state index in [9.17, 15) is 4.79 Å². The number of carbonyl (C=O) groups excluding carboxylic acids is 1. The highest BCUT2D eigenvalue weighted by Gasteiger charge is 2.18. The van der Waals surface area contributed by atoms with Crippen molar-refractivity contribution in [1.82, 2.24) is 9.55 Å². The second-order valence-corrected chi connectivity index (χ2v) is 6.10. The Bertz CT molecular complexity index is 852. The molecule has 0 amide bonds. The molecule has 2 heterocycles. The van der Waals surface area contributed by atoms with Crippen LogP contribution in [0.2, 0.25) is 0 Å². The Hall–Kier alpha value is -2.62. The van der Waals surface area contributed by atoms with Crippen LogP contribution in [0.3, 0.4) is 0 Å². The fraction of sp³-hybridized carbons (Fsp3) is 0.300. The van der Waals surface area contributed by atoms with Crippen LogP contribution in [-0.4, -0.2) is 15.8 Å². The predicted molar refractivity (Wildman–Crippen MR) is 98.6 cm³/mol. The van der Waals surface area contributed by atoms with E-state index in [0.29, 0.717) is 0 Å². The van der Waals surface area contributed by atoms with E-state index in [4.69, 9.17) is 0 Å². The molecule has 124 valence electrons. The van der Waals surface area contributed by atoms with Crippen molar-refractivity contribution in [3.8, 4) is 0 Å². The first-order valence-corrected chi connectivity index (χ1v) is 8.41. The summed E-state index contributed by atoms with van der Waals surface area (Å²) in [6, 6.07) is 12.4. The lowest BCUT2D eigenvalue weighted by Crippen LogP contribution is -2.10. The molecule has 0 saturated heterocycles. The van der Waals surface area contributed by atoms with Gasteiger partial charge in [0, 0.05) is 29.4 Å². The molecule has 24 heavy (non-hydrogen) atoms. The monoisotopic (exact) mass is 321 g/mol. The Kier molecular flexibility index (Phi) is 4.65. The number of pyridine rings is 1. The summed E-state index contributed by atoms with van der Waals surface area (Å²) in [7, 11) is 0. The number of fused-ring (bicyclic) bond motifs is 1. The summed E-state index contributed by atoms with van der Waals surface area (Å²) in [5, 5.41) is 4.48. The van der Waals surface area contributed by atoms with Gasteiger partial charge in [-0.3, -0.25) is 4.79 Å². The van der Waals surface area contributed by atoms with Crippen LogP contribution in [0.1, 0.15) is 47.9 Å². The van der Waals surface area contributed by atoms with Gasteiger partial charge in [0.15, 0.2) is 12.1 Å². The maximum atomic E-state index is 11.6. The van der Waals surface area contributed by atoms with Crippen molar-refractivity contribution in [3.63, 3.8) is 0 Å². The zero-order valence-corrected chi connectivity index (χ0v) is 14.4. The van der Waals surface area contributed by atoms with Crippen LogP contribution in [0.4, 0.5) is 5.82 Å². The van der Waals surface area contributed by atoms with Crippen molar-refractivity contribution in [3.05, 3.63) is 59.4 Å². The zero-order valence-electron chi connectivity index (χ0n) is 14.4. The standard InChI is InChI=1S/C20H23N3O/c1-4-12-23-15(3)18(13-24)17-10-11-21-20(19(17)23)22-14(2)16-8-6-5-7-9-16/h5-11,13-14H,4,12H2,1-3H3,(H,21,22)/t14-/m0/s1. The average molecular weight is 321 g/mol. The number of aryl methyl sites for hydroxylation is 1. The largest absolute Gasteiger partial charge is 0.362 e. The van der Waals surface area contributed by atoms with Crippen LogP contribution in [0.5, 0.6) is 0 Å². The molecule has 0 unspecified atom stereocenters. The number of aromatic nitrogens is 2. The first-order valence-electron chi connectivity index (χ1n) is 8.41. The van der Waals surface area contributed by atoms with Gasteiger partial charge < -0.3 is 9.88 Å². The maximum absolute atomic E-state index is 11.6. The number of anilines is 1. The molecule has 0 aliphatic heterocycles. The molecule has 4 nitrogen and oxygen atoms in total. The lowest BCUT2D eigenvalue weighted by atomic mass is 10.1. The Labute approximate surface area is 142 Å². The fourth-order valence-electron chi connectivity index (χ4n) is 3.24. The summed E-state index contributed by atoms with van der Waals surface area (Å²) in [5.74, 6) is 0.827. The Morgan fingerprint density at radius 2 is 2.00 bits per heavy atom. The number of hydrogen-bond donors (Lipinski definition) is 1. The van der Waals surface area contributed by atoms with E-state index in [1.807, 2.05) is 31.2 Å². The minimum absolute atomic E-state index is 0.134. The normalized spacial score (nSPS) is 12.3. The zero-order chi connectivity index (χ0) is 17.1. The third-order valence-electron chi connectivity index (χ3n) is 4.50. The molecule has 2 aromatic heterocycles. The van der Waals surface area contributed by atoms with Crippen LogP contribution in [0.25, 0.3) is 10.9 Å². The van der Waals surface area contributed by atoms with E-state index >= 15 is 0 Å². The predicted octanol–water partition coefficient (Wildman–Crippen LogP) is 4.74. The highest BCUT2D eigenvalue weighted by Crippen LogP contribution is 2.31. The van der Waals surface area contributed by atoms with Gasteiger partial charge in [-0.1, -0.05) is 37.3 Å². The van der Waals surface area contributed by atoms with Gasteiger partial charge in [-0.05, 0) is 31.9 Å². The summed E-state index contributed by atoms with van der Waals surface area (Å²) in [4.78, 5) is 16.1. The van der Waals surface area contributed by atoms with Crippen LogP contribution in [0, 0.1) is 6.92 Å². The molecule has 4 heteroatoms. The molecule has 1 atom stereocenters. The summed E-state index contributed by atoms with van der Waals surface area (Å²) in [6.45, 7) is 7.14.